The summed E-state index contributed by atoms with van der Waals surface area (Å²) in [5.74, 6) is -1.68. The van der Waals surface area contributed by atoms with Gasteiger partial charge in [0.05, 0.1) is 12.5 Å². The predicted octanol–water partition coefficient (Wildman–Crippen LogP) is 2.77. The summed E-state index contributed by atoms with van der Waals surface area (Å²) in [7, 11) is 0. The molecule has 1 aromatic heterocycles. The van der Waals surface area contributed by atoms with Crippen LogP contribution in [0.1, 0.15) is 35.9 Å². The first-order chi connectivity index (χ1) is 14.0. The summed E-state index contributed by atoms with van der Waals surface area (Å²) in [6.45, 7) is 2.78. The molecule has 8 heteroatoms. The molecule has 0 saturated carbocycles. The maximum Gasteiger partial charge on any atom is 0.310 e. The lowest BCUT2D eigenvalue weighted by Gasteiger charge is -2.31. The Kier molecular flexibility index (Phi) is 6.64. The molecule has 1 aromatic carbocycles. The Morgan fingerprint density at radius 1 is 1.28 bits per heavy atom. The zero-order chi connectivity index (χ0) is 20.8. The number of esters is 1. The molecule has 3 rings (SSSR count). The molecule has 1 amide bonds. The van der Waals surface area contributed by atoms with Crippen molar-refractivity contribution in [2.45, 2.75) is 26.4 Å². The van der Waals surface area contributed by atoms with Crippen molar-refractivity contribution in [2.75, 3.05) is 19.7 Å². The van der Waals surface area contributed by atoms with Crippen LogP contribution in [0.3, 0.4) is 0 Å². The molecule has 0 spiro atoms. The monoisotopic (exact) mass is 403 g/mol. The largest absolute Gasteiger partial charge is 0.482 e. The third-order valence-electron chi connectivity index (χ3n) is 4.64. The van der Waals surface area contributed by atoms with Gasteiger partial charge in [0.1, 0.15) is 18.7 Å². The van der Waals surface area contributed by atoms with Gasteiger partial charge in [-0.05, 0) is 37.5 Å². The van der Waals surface area contributed by atoms with E-state index in [9.17, 15) is 18.8 Å². The molecule has 0 radical (unpaired) electrons. The maximum absolute atomic E-state index is 12.9. The highest BCUT2D eigenvalue weighted by Crippen LogP contribution is 2.20. The maximum atomic E-state index is 12.9. The zero-order valence-corrected chi connectivity index (χ0v) is 16.1. The number of carbonyl (C=O) groups excluding carboxylic acids is 2. The highest BCUT2D eigenvalue weighted by atomic mass is 19.1. The number of piperidine rings is 1. The fourth-order valence-electron chi connectivity index (χ4n) is 3.13. The van der Waals surface area contributed by atoms with Crippen LogP contribution in [0, 0.1) is 11.7 Å². The van der Waals surface area contributed by atoms with Gasteiger partial charge in [0.2, 0.25) is 11.2 Å². The lowest BCUT2D eigenvalue weighted by atomic mass is 9.98. The van der Waals surface area contributed by atoms with E-state index in [2.05, 4.69) is 0 Å². The van der Waals surface area contributed by atoms with E-state index in [1.165, 1.54) is 17.0 Å². The number of likely N-dealkylation sites (tertiary alicyclic amines) is 1. The molecular weight excluding hydrogens is 381 g/mol. The van der Waals surface area contributed by atoms with Crippen LogP contribution < -0.4 is 10.2 Å². The molecule has 1 saturated heterocycles. The van der Waals surface area contributed by atoms with Crippen LogP contribution in [-0.4, -0.2) is 36.5 Å². The summed E-state index contributed by atoms with van der Waals surface area (Å²) >= 11 is 0. The van der Waals surface area contributed by atoms with E-state index in [0.29, 0.717) is 24.9 Å². The molecule has 1 aliphatic rings. The Balaban J connectivity index is 1.64. The molecule has 1 atom stereocenters. The van der Waals surface area contributed by atoms with E-state index >= 15 is 0 Å². The van der Waals surface area contributed by atoms with Crippen molar-refractivity contribution in [2.24, 2.45) is 5.92 Å². The van der Waals surface area contributed by atoms with Crippen molar-refractivity contribution < 1.29 is 27.9 Å². The summed E-state index contributed by atoms with van der Waals surface area (Å²) < 4.78 is 28.7. The number of halogens is 1. The molecular formula is C21H22FNO6. The van der Waals surface area contributed by atoms with Crippen molar-refractivity contribution in [3.63, 3.8) is 0 Å². The van der Waals surface area contributed by atoms with Crippen molar-refractivity contribution in [3.8, 4) is 5.75 Å². The fraction of sp³-hybridized carbons (Fsp3) is 0.381. The topological polar surface area (TPSA) is 86.0 Å². The molecule has 2 heterocycles. The van der Waals surface area contributed by atoms with Gasteiger partial charge in [0, 0.05) is 19.2 Å². The number of rotatable bonds is 6. The van der Waals surface area contributed by atoms with E-state index in [4.69, 9.17) is 13.9 Å². The number of benzene rings is 1. The van der Waals surface area contributed by atoms with E-state index < -0.39 is 11.3 Å². The van der Waals surface area contributed by atoms with Crippen LogP contribution in [0.4, 0.5) is 4.39 Å². The first-order valence-corrected chi connectivity index (χ1v) is 9.44. The second-order valence-electron chi connectivity index (χ2n) is 6.73. The number of ether oxygens (including phenoxy) is 2. The lowest BCUT2D eigenvalue weighted by molar-refractivity contribution is -0.149. The Hall–Kier alpha value is -3.16. The summed E-state index contributed by atoms with van der Waals surface area (Å²) in [5, 5.41) is 0. The van der Waals surface area contributed by atoms with Gasteiger partial charge in [0.25, 0.3) is 5.91 Å². The van der Waals surface area contributed by atoms with Crippen LogP contribution in [0.25, 0.3) is 0 Å². The van der Waals surface area contributed by atoms with Crippen LogP contribution in [-0.2, 0) is 16.1 Å². The Morgan fingerprint density at radius 3 is 2.72 bits per heavy atom. The first-order valence-electron chi connectivity index (χ1n) is 9.44. The minimum atomic E-state index is -0.499. The molecule has 2 aromatic rings. The third-order valence-corrected chi connectivity index (χ3v) is 4.64. The summed E-state index contributed by atoms with van der Waals surface area (Å²) in [5.41, 5.74) is 0.185. The summed E-state index contributed by atoms with van der Waals surface area (Å²) in [6.07, 6.45) is 2.41. The normalized spacial score (nSPS) is 16.3. The molecule has 0 unspecified atom stereocenters. The van der Waals surface area contributed by atoms with Gasteiger partial charge in [0.15, 0.2) is 5.76 Å². The average molecular weight is 403 g/mol. The van der Waals surface area contributed by atoms with Gasteiger partial charge in [-0.25, -0.2) is 4.39 Å². The smallest absolute Gasteiger partial charge is 0.310 e. The fourth-order valence-corrected chi connectivity index (χ4v) is 3.13. The summed E-state index contributed by atoms with van der Waals surface area (Å²) in [6, 6.07) is 6.77. The first kappa shape index (κ1) is 20.6. The Morgan fingerprint density at radius 2 is 2.03 bits per heavy atom. The molecule has 1 aliphatic heterocycles. The van der Waals surface area contributed by atoms with E-state index in [1.54, 1.807) is 19.1 Å². The molecule has 7 nitrogen and oxygen atoms in total. The standard InChI is InChI=1S/C21H22FNO6/c1-2-27-21(26)15-4-3-9-23(11-15)20(25)18-10-17(24)19(13-29-18)28-12-14-5-7-16(22)8-6-14/h5-8,10,13,15H,2-4,9,11-12H2,1H3/t15-/m0/s1. The second kappa shape index (κ2) is 9.36. The number of carbonyl (C=O) groups is 2. The average Bonchev–Trinajstić information content (AvgIpc) is 2.73. The number of nitrogens with zero attached hydrogens (tertiary/aromatic N) is 1. The molecule has 0 N–H and O–H groups in total. The number of hydrogen-bond donors (Lipinski definition) is 0. The molecule has 154 valence electrons. The van der Waals surface area contributed by atoms with Gasteiger partial charge in [-0.2, -0.15) is 0 Å². The SMILES string of the molecule is CCOC(=O)[C@H]1CCCN(C(=O)c2cc(=O)c(OCc3ccc(F)cc3)co2)C1. The van der Waals surface area contributed by atoms with Crippen LogP contribution >= 0.6 is 0 Å². The van der Waals surface area contributed by atoms with E-state index in [0.717, 1.165) is 12.3 Å². The molecule has 0 bridgehead atoms. The highest BCUT2D eigenvalue weighted by Gasteiger charge is 2.30. The van der Waals surface area contributed by atoms with Crippen molar-refractivity contribution in [1.29, 1.82) is 0 Å². The highest BCUT2D eigenvalue weighted by molar-refractivity contribution is 5.91. The van der Waals surface area contributed by atoms with Gasteiger partial charge >= 0.3 is 5.97 Å². The van der Waals surface area contributed by atoms with Crippen LogP contribution in [0.15, 0.2) is 45.8 Å². The Labute approximate surface area is 167 Å². The van der Waals surface area contributed by atoms with E-state index in [-0.39, 0.29) is 49.0 Å². The van der Waals surface area contributed by atoms with Crippen molar-refractivity contribution in [1.82, 2.24) is 4.90 Å². The van der Waals surface area contributed by atoms with E-state index in [1.807, 2.05) is 0 Å². The van der Waals surface area contributed by atoms with Gasteiger partial charge in [-0.3, -0.25) is 14.4 Å². The van der Waals surface area contributed by atoms with Crippen molar-refractivity contribution >= 4 is 11.9 Å². The van der Waals surface area contributed by atoms with Crippen LogP contribution in [0.2, 0.25) is 0 Å². The lowest BCUT2D eigenvalue weighted by Crippen LogP contribution is -2.43. The number of amides is 1. The second-order valence-corrected chi connectivity index (χ2v) is 6.73. The molecule has 0 aliphatic carbocycles. The van der Waals surface area contributed by atoms with Crippen LogP contribution in [0.5, 0.6) is 5.75 Å². The van der Waals surface area contributed by atoms with Gasteiger partial charge in [-0.1, -0.05) is 12.1 Å². The zero-order valence-electron chi connectivity index (χ0n) is 16.1. The predicted molar refractivity (Wildman–Crippen MR) is 101 cm³/mol. The van der Waals surface area contributed by atoms with Gasteiger partial charge < -0.3 is 18.8 Å². The molecule has 29 heavy (non-hydrogen) atoms. The minimum absolute atomic E-state index is 0.0473. The number of hydrogen-bond acceptors (Lipinski definition) is 6. The minimum Gasteiger partial charge on any atom is -0.482 e. The molecule has 1 fully saturated rings. The Bertz CT molecular complexity index is 924. The van der Waals surface area contributed by atoms with Gasteiger partial charge in [-0.15, -0.1) is 0 Å². The third kappa shape index (κ3) is 5.22. The quantitative estimate of drug-likeness (QED) is 0.690. The summed E-state index contributed by atoms with van der Waals surface area (Å²) in [4.78, 5) is 38.4. The van der Waals surface area contributed by atoms with Crippen molar-refractivity contribution in [3.05, 3.63) is 64.0 Å².